The summed E-state index contributed by atoms with van der Waals surface area (Å²) in [6.45, 7) is 13.1. The fourth-order valence-corrected chi connectivity index (χ4v) is 3.06. The van der Waals surface area contributed by atoms with E-state index < -0.39 is 0 Å². The number of guanidine groups is 1. The molecule has 1 saturated carbocycles. The molecule has 1 aromatic heterocycles. The third-order valence-corrected chi connectivity index (χ3v) is 5.29. The van der Waals surface area contributed by atoms with Gasteiger partial charge in [-0.3, -0.25) is 9.67 Å². The largest absolute Gasteiger partial charge is 0.378 e. The maximum Gasteiger partial charge on any atom is 0.191 e. The molecule has 2 rings (SSSR count). The van der Waals surface area contributed by atoms with Crippen molar-refractivity contribution in [2.45, 2.75) is 59.2 Å². The summed E-state index contributed by atoms with van der Waals surface area (Å²) in [6.07, 6.45) is 4.89. The third-order valence-electron chi connectivity index (χ3n) is 5.29. The molecular weight excluding hydrogens is 417 g/mol. The minimum atomic E-state index is -0.0748. The number of hydrogen-bond acceptors (Lipinski definition) is 3. The molecule has 0 radical (unpaired) electrons. The Bertz CT molecular complexity index is 557. The predicted octanol–water partition coefficient (Wildman–Crippen LogP) is 2.57. The lowest BCUT2D eigenvalue weighted by atomic mass is 9.56. The van der Waals surface area contributed by atoms with Crippen LogP contribution in [-0.2, 0) is 11.3 Å². The van der Waals surface area contributed by atoms with Gasteiger partial charge in [0, 0.05) is 31.3 Å². The minimum absolute atomic E-state index is 0. The average molecular weight is 449 g/mol. The van der Waals surface area contributed by atoms with Crippen LogP contribution in [0.3, 0.4) is 0 Å². The molecule has 0 amide bonds. The van der Waals surface area contributed by atoms with Crippen molar-refractivity contribution in [1.82, 2.24) is 20.4 Å². The number of nitrogens with zero attached hydrogens (tertiary/aromatic N) is 3. The normalized spacial score (nSPS) is 25.6. The smallest absolute Gasteiger partial charge is 0.191 e. The third kappa shape index (κ3) is 4.41. The van der Waals surface area contributed by atoms with E-state index in [1.54, 1.807) is 7.11 Å². The maximum absolute atomic E-state index is 5.69. The molecule has 0 spiro atoms. The summed E-state index contributed by atoms with van der Waals surface area (Å²) in [4.78, 5) is 4.67. The summed E-state index contributed by atoms with van der Waals surface area (Å²) in [6, 6.07) is 0.359. The molecule has 1 aliphatic rings. The van der Waals surface area contributed by atoms with Gasteiger partial charge in [-0.2, -0.15) is 5.10 Å². The monoisotopic (exact) mass is 449 g/mol. The van der Waals surface area contributed by atoms with E-state index in [-0.39, 0.29) is 35.0 Å². The number of aliphatic imine (C=N–C) groups is 1. The quantitative estimate of drug-likeness (QED) is 0.398. The van der Waals surface area contributed by atoms with E-state index in [9.17, 15) is 0 Å². The van der Waals surface area contributed by atoms with E-state index in [0.29, 0.717) is 12.6 Å². The highest BCUT2D eigenvalue weighted by Gasteiger charge is 2.58. The number of halogens is 1. The molecule has 138 valence electrons. The fraction of sp³-hybridized carbons (Fsp3) is 0.765. The molecule has 1 aromatic rings. The topological polar surface area (TPSA) is 63.5 Å². The Morgan fingerprint density at radius 3 is 2.67 bits per heavy atom. The lowest BCUT2D eigenvalue weighted by molar-refractivity contribution is -0.176. The first-order valence-electron chi connectivity index (χ1n) is 8.41. The highest BCUT2D eigenvalue weighted by molar-refractivity contribution is 14.0. The van der Waals surface area contributed by atoms with Gasteiger partial charge in [-0.25, -0.2) is 0 Å². The van der Waals surface area contributed by atoms with Crippen LogP contribution >= 0.6 is 24.0 Å². The van der Waals surface area contributed by atoms with Crippen molar-refractivity contribution in [3.63, 3.8) is 0 Å². The Hall–Kier alpha value is -0.830. The van der Waals surface area contributed by atoms with E-state index in [1.165, 1.54) is 5.56 Å². The van der Waals surface area contributed by atoms with E-state index in [0.717, 1.165) is 25.5 Å². The molecule has 1 fully saturated rings. The van der Waals surface area contributed by atoms with Gasteiger partial charge in [0.2, 0.25) is 0 Å². The average Bonchev–Trinajstić information content (AvgIpc) is 2.92. The molecule has 1 aliphatic carbocycles. The zero-order valence-electron chi connectivity index (χ0n) is 15.7. The van der Waals surface area contributed by atoms with Gasteiger partial charge in [0.1, 0.15) is 0 Å². The van der Waals surface area contributed by atoms with Crippen LogP contribution in [-0.4, -0.2) is 47.6 Å². The zero-order valence-corrected chi connectivity index (χ0v) is 18.0. The van der Waals surface area contributed by atoms with Crippen molar-refractivity contribution < 1.29 is 4.74 Å². The van der Waals surface area contributed by atoms with Gasteiger partial charge in [0.05, 0.1) is 24.9 Å². The summed E-state index contributed by atoms with van der Waals surface area (Å²) in [5, 5.41) is 11.2. The van der Waals surface area contributed by atoms with Gasteiger partial charge >= 0.3 is 0 Å². The number of nitrogens with one attached hydrogen (secondary N) is 2. The van der Waals surface area contributed by atoms with Crippen LogP contribution in [0.4, 0.5) is 0 Å². The second-order valence-corrected chi connectivity index (χ2v) is 7.10. The van der Waals surface area contributed by atoms with Crippen LogP contribution < -0.4 is 10.6 Å². The van der Waals surface area contributed by atoms with Crippen molar-refractivity contribution in [3.8, 4) is 0 Å². The molecular formula is C17H32IN5O. The predicted molar refractivity (Wildman–Crippen MR) is 109 cm³/mol. The van der Waals surface area contributed by atoms with Crippen molar-refractivity contribution >= 4 is 29.9 Å². The van der Waals surface area contributed by atoms with E-state index >= 15 is 0 Å². The second-order valence-electron chi connectivity index (χ2n) is 7.10. The molecule has 0 saturated heterocycles. The van der Waals surface area contributed by atoms with Crippen LogP contribution in [0, 0.1) is 12.3 Å². The number of rotatable bonds is 6. The van der Waals surface area contributed by atoms with Crippen LogP contribution in [0.1, 0.15) is 39.7 Å². The summed E-state index contributed by atoms with van der Waals surface area (Å²) in [7, 11) is 1.79. The van der Waals surface area contributed by atoms with Gasteiger partial charge in [0.25, 0.3) is 0 Å². The number of aryl methyl sites for hydroxylation is 1. The van der Waals surface area contributed by atoms with Gasteiger partial charge in [-0.05, 0) is 32.8 Å². The van der Waals surface area contributed by atoms with Gasteiger partial charge in [0.15, 0.2) is 5.96 Å². The highest BCUT2D eigenvalue weighted by atomic mass is 127. The first kappa shape index (κ1) is 21.2. The summed E-state index contributed by atoms with van der Waals surface area (Å²) < 4.78 is 7.62. The van der Waals surface area contributed by atoms with Gasteiger partial charge < -0.3 is 15.4 Å². The molecule has 24 heavy (non-hydrogen) atoms. The lowest BCUT2D eigenvalue weighted by Gasteiger charge is -2.59. The van der Waals surface area contributed by atoms with Gasteiger partial charge in [-0.1, -0.05) is 13.8 Å². The zero-order chi connectivity index (χ0) is 17.1. The molecule has 6 nitrogen and oxygen atoms in total. The highest BCUT2D eigenvalue weighted by Crippen LogP contribution is 2.51. The molecule has 0 aliphatic heterocycles. The Kier molecular flexibility index (Phi) is 7.52. The molecule has 0 aromatic carbocycles. The standard InChI is InChI=1S/C17H31N5O.HI/c1-7-18-15(19-8-9-22-12-13(2)11-20-22)21-14-10-17(5,23-6)16(14,3)4;/h11-12,14H,7-10H2,1-6H3,(H2,18,19,21);1H. The van der Waals surface area contributed by atoms with Crippen molar-refractivity contribution in [2.75, 3.05) is 20.2 Å². The molecule has 2 unspecified atom stereocenters. The van der Waals surface area contributed by atoms with Crippen LogP contribution in [0.15, 0.2) is 17.4 Å². The lowest BCUT2D eigenvalue weighted by Crippen LogP contribution is -2.69. The Balaban J connectivity index is 0.00000288. The van der Waals surface area contributed by atoms with Crippen LogP contribution in [0.5, 0.6) is 0 Å². The van der Waals surface area contributed by atoms with Gasteiger partial charge in [-0.15, -0.1) is 24.0 Å². The number of hydrogen-bond donors (Lipinski definition) is 2. The van der Waals surface area contributed by atoms with E-state index in [2.05, 4.69) is 48.4 Å². The van der Waals surface area contributed by atoms with E-state index in [1.807, 2.05) is 24.0 Å². The van der Waals surface area contributed by atoms with E-state index in [4.69, 9.17) is 4.74 Å². The van der Waals surface area contributed by atoms with Crippen molar-refractivity contribution in [3.05, 3.63) is 18.0 Å². The number of ether oxygens (including phenoxy) is 1. The molecule has 2 N–H and O–H groups in total. The number of aromatic nitrogens is 2. The Labute approximate surface area is 162 Å². The Morgan fingerprint density at radius 1 is 1.46 bits per heavy atom. The van der Waals surface area contributed by atoms with Crippen molar-refractivity contribution in [2.24, 2.45) is 10.4 Å². The maximum atomic E-state index is 5.69. The Morgan fingerprint density at radius 2 is 2.17 bits per heavy atom. The molecule has 2 atom stereocenters. The second kappa shape index (κ2) is 8.51. The molecule has 7 heteroatoms. The SMILES string of the molecule is CCNC(=NCCn1cc(C)cn1)NC1CC(C)(OC)C1(C)C.I. The molecule has 0 bridgehead atoms. The fourth-order valence-electron chi connectivity index (χ4n) is 3.06. The van der Waals surface area contributed by atoms with Crippen LogP contribution in [0.2, 0.25) is 0 Å². The first-order chi connectivity index (χ1) is 10.8. The van der Waals surface area contributed by atoms with Crippen LogP contribution in [0.25, 0.3) is 0 Å². The minimum Gasteiger partial charge on any atom is -0.378 e. The summed E-state index contributed by atoms with van der Waals surface area (Å²) >= 11 is 0. The number of methoxy groups -OCH3 is 1. The summed E-state index contributed by atoms with van der Waals surface area (Å²) in [5.74, 6) is 0.868. The van der Waals surface area contributed by atoms with Crippen molar-refractivity contribution in [1.29, 1.82) is 0 Å². The molecule has 1 heterocycles. The summed E-state index contributed by atoms with van der Waals surface area (Å²) in [5.41, 5.74) is 1.17. The first-order valence-corrected chi connectivity index (χ1v) is 8.41.